The van der Waals surface area contributed by atoms with E-state index in [0.29, 0.717) is 43.9 Å². The maximum absolute atomic E-state index is 12.4. The molecule has 2 aromatic rings. The third-order valence-corrected chi connectivity index (χ3v) is 5.36. The summed E-state index contributed by atoms with van der Waals surface area (Å²) in [5.41, 5.74) is 2.16. The molecule has 0 aliphatic carbocycles. The zero-order valence-corrected chi connectivity index (χ0v) is 16.7. The van der Waals surface area contributed by atoms with E-state index < -0.39 is 0 Å². The van der Waals surface area contributed by atoms with Crippen LogP contribution < -0.4 is 10.2 Å². The normalized spacial score (nSPS) is 14.0. The monoisotopic (exact) mass is 399 g/mol. The number of benzene rings is 2. The van der Waals surface area contributed by atoms with Crippen LogP contribution in [-0.4, -0.2) is 49.4 Å². The zero-order valence-electron chi connectivity index (χ0n) is 15.9. The first kappa shape index (κ1) is 20.2. The average Bonchev–Trinajstić information content (AvgIpc) is 2.74. The molecule has 148 valence electrons. The summed E-state index contributed by atoms with van der Waals surface area (Å²) >= 11 is 6.10. The van der Waals surface area contributed by atoms with Gasteiger partial charge >= 0.3 is 0 Å². The van der Waals surface area contributed by atoms with Gasteiger partial charge in [-0.05, 0) is 30.2 Å². The summed E-state index contributed by atoms with van der Waals surface area (Å²) in [5, 5.41) is 3.52. The van der Waals surface area contributed by atoms with Crippen LogP contribution in [0.3, 0.4) is 0 Å². The molecule has 2 aromatic carbocycles. The van der Waals surface area contributed by atoms with E-state index in [1.807, 2.05) is 47.4 Å². The highest BCUT2D eigenvalue weighted by molar-refractivity contribution is 6.31. The van der Waals surface area contributed by atoms with Crippen LogP contribution in [0.15, 0.2) is 54.6 Å². The third-order valence-electron chi connectivity index (χ3n) is 4.99. The smallest absolute Gasteiger partial charge is 0.224 e. The number of para-hydroxylation sites is 1. The minimum atomic E-state index is -0.0541. The molecule has 2 amide bonds. The lowest BCUT2D eigenvalue weighted by atomic mass is 10.1. The fraction of sp³-hybridized carbons (Fsp3) is 0.364. The van der Waals surface area contributed by atoms with Crippen LogP contribution in [0.5, 0.6) is 0 Å². The summed E-state index contributed by atoms with van der Waals surface area (Å²) in [4.78, 5) is 28.6. The summed E-state index contributed by atoms with van der Waals surface area (Å²) in [6.07, 6.45) is 1.30. The third kappa shape index (κ3) is 5.73. The Balaban J connectivity index is 1.33. The molecule has 0 unspecified atom stereocenters. The molecule has 1 aliphatic heterocycles. The van der Waals surface area contributed by atoms with Crippen LogP contribution in [0, 0.1) is 0 Å². The Bertz CT molecular complexity index is 789. The molecule has 1 N–H and O–H groups in total. The second kappa shape index (κ2) is 10.1. The van der Waals surface area contributed by atoms with E-state index in [1.165, 1.54) is 5.69 Å². The van der Waals surface area contributed by atoms with Crippen molar-refractivity contribution in [1.82, 2.24) is 10.2 Å². The van der Waals surface area contributed by atoms with Crippen molar-refractivity contribution < 1.29 is 9.59 Å². The first-order valence-electron chi connectivity index (χ1n) is 9.71. The zero-order chi connectivity index (χ0) is 19.8. The number of halogens is 1. The summed E-state index contributed by atoms with van der Waals surface area (Å²) in [7, 11) is 0. The molecule has 0 spiro atoms. The number of carbonyl (C=O) groups excluding carboxylic acids is 2. The average molecular weight is 400 g/mol. The number of rotatable bonds is 7. The molecule has 0 bridgehead atoms. The molecular formula is C22H26ClN3O2. The van der Waals surface area contributed by atoms with Gasteiger partial charge in [-0.2, -0.15) is 0 Å². The lowest BCUT2D eigenvalue weighted by Crippen LogP contribution is -2.49. The van der Waals surface area contributed by atoms with Crippen molar-refractivity contribution in [3.63, 3.8) is 0 Å². The maximum atomic E-state index is 12.4. The summed E-state index contributed by atoms with van der Waals surface area (Å²) < 4.78 is 0. The summed E-state index contributed by atoms with van der Waals surface area (Å²) in [5.74, 6) is 0.0423. The Morgan fingerprint density at radius 1 is 0.893 bits per heavy atom. The van der Waals surface area contributed by atoms with Crippen molar-refractivity contribution in [2.75, 3.05) is 37.6 Å². The quantitative estimate of drug-likeness (QED) is 0.778. The van der Waals surface area contributed by atoms with E-state index >= 15 is 0 Å². The lowest BCUT2D eigenvalue weighted by molar-refractivity contribution is -0.131. The van der Waals surface area contributed by atoms with E-state index in [9.17, 15) is 9.59 Å². The molecule has 28 heavy (non-hydrogen) atoms. The van der Waals surface area contributed by atoms with Crippen molar-refractivity contribution in [1.29, 1.82) is 0 Å². The van der Waals surface area contributed by atoms with Crippen molar-refractivity contribution in [3.8, 4) is 0 Å². The number of amides is 2. The second-order valence-corrected chi connectivity index (χ2v) is 7.30. The minimum absolute atomic E-state index is 0.0541. The van der Waals surface area contributed by atoms with E-state index in [4.69, 9.17) is 11.6 Å². The SMILES string of the molecule is O=C(CCc1ccccc1Cl)NCCC(=O)N1CCN(c2ccccc2)CC1. The molecule has 6 heteroatoms. The fourth-order valence-corrected chi connectivity index (χ4v) is 3.59. The van der Waals surface area contributed by atoms with Gasteiger partial charge in [-0.15, -0.1) is 0 Å². The number of nitrogens with one attached hydrogen (secondary N) is 1. The predicted octanol–water partition coefficient (Wildman–Crippen LogP) is 3.13. The molecule has 1 saturated heterocycles. The van der Waals surface area contributed by atoms with Gasteiger partial charge in [-0.3, -0.25) is 9.59 Å². The van der Waals surface area contributed by atoms with Crippen LogP contribution in [0.2, 0.25) is 5.02 Å². The standard InChI is InChI=1S/C22H26ClN3O2/c23-20-9-5-4-6-18(20)10-11-21(27)24-13-12-22(28)26-16-14-25(15-17-26)19-7-2-1-3-8-19/h1-9H,10-17H2,(H,24,27). The van der Waals surface area contributed by atoms with Gasteiger partial charge in [0, 0.05) is 56.3 Å². The van der Waals surface area contributed by atoms with Gasteiger partial charge in [0.2, 0.25) is 11.8 Å². The molecule has 5 nitrogen and oxygen atoms in total. The molecule has 0 atom stereocenters. The van der Waals surface area contributed by atoms with Crippen LogP contribution in [0.1, 0.15) is 18.4 Å². The Morgan fingerprint density at radius 3 is 2.29 bits per heavy atom. The Hall–Kier alpha value is -2.53. The number of aryl methyl sites for hydroxylation is 1. The van der Waals surface area contributed by atoms with Gasteiger partial charge in [-0.1, -0.05) is 48.0 Å². The minimum Gasteiger partial charge on any atom is -0.368 e. The number of carbonyl (C=O) groups is 2. The molecule has 1 heterocycles. The van der Waals surface area contributed by atoms with Gasteiger partial charge in [0.05, 0.1) is 0 Å². The van der Waals surface area contributed by atoms with E-state index in [0.717, 1.165) is 18.7 Å². The van der Waals surface area contributed by atoms with E-state index in [-0.39, 0.29) is 11.8 Å². The number of piperazine rings is 1. The maximum Gasteiger partial charge on any atom is 0.224 e. The van der Waals surface area contributed by atoms with E-state index in [2.05, 4.69) is 22.3 Å². The lowest BCUT2D eigenvalue weighted by Gasteiger charge is -2.36. The van der Waals surface area contributed by atoms with Crippen LogP contribution in [-0.2, 0) is 16.0 Å². The largest absolute Gasteiger partial charge is 0.368 e. The highest BCUT2D eigenvalue weighted by Gasteiger charge is 2.20. The topological polar surface area (TPSA) is 52.7 Å². The molecule has 1 aliphatic rings. The first-order valence-corrected chi connectivity index (χ1v) is 10.1. The van der Waals surface area contributed by atoms with Gasteiger partial charge < -0.3 is 15.1 Å². The van der Waals surface area contributed by atoms with Gasteiger partial charge in [0.25, 0.3) is 0 Å². The Morgan fingerprint density at radius 2 is 1.57 bits per heavy atom. The number of anilines is 1. The molecule has 0 radical (unpaired) electrons. The number of hydrogen-bond donors (Lipinski definition) is 1. The molecule has 3 rings (SSSR count). The van der Waals surface area contributed by atoms with Crippen molar-refractivity contribution in [2.24, 2.45) is 0 Å². The number of hydrogen-bond acceptors (Lipinski definition) is 3. The van der Waals surface area contributed by atoms with Crippen LogP contribution >= 0.6 is 11.6 Å². The van der Waals surface area contributed by atoms with Gasteiger partial charge in [0.1, 0.15) is 0 Å². The highest BCUT2D eigenvalue weighted by atomic mass is 35.5. The molecule has 0 aromatic heterocycles. The molecule has 1 fully saturated rings. The second-order valence-electron chi connectivity index (χ2n) is 6.89. The Labute approximate surface area is 171 Å². The van der Waals surface area contributed by atoms with Crippen molar-refractivity contribution >= 4 is 29.1 Å². The molecule has 0 saturated carbocycles. The van der Waals surface area contributed by atoms with Crippen LogP contribution in [0.4, 0.5) is 5.69 Å². The Kier molecular flexibility index (Phi) is 7.31. The van der Waals surface area contributed by atoms with Crippen molar-refractivity contribution in [3.05, 3.63) is 65.2 Å². The van der Waals surface area contributed by atoms with Crippen molar-refractivity contribution in [2.45, 2.75) is 19.3 Å². The first-order chi connectivity index (χ1) is 13.6. The van der Waals surface area contributed by atoms with E-state index in [1.54, 1.807) is 0 Å². The fourth-order valence-electron chi connectivity index (χ4n) is 3.36. The van der Waals surface area contributed by atoms with Gasteiger partial charge in [0.15, 0.2) is 0 Å². The summed E-state index contributed by atoms with van der Waals surface area (Å²) in [6, 6.07) is 17.8. The number of nitrogens with zero attached hydrogens (tertiary/aromatic N) is 2. The highest BCUT2D eigenvalue weighted by Crippen LogP contribution is 2.17. The van der Waals surface area contributed by atoms with Gasteiger partial charge in [-0.25, -0.2) is 0 Å². The molecular weight excluding hydrogens is 374 g/mol. The predicted molar refractivity (Wildman–Crippen MR) is 113 cm³/mol. The van der Waals surface area contributed by atoms with Crippen LogP contribution in [0.25, 0.3) is 0 Å². The summed E-state index contributed by atoms with van der Waals surface area (Å²) in [6.45, 7) is 3.47.